The normalized spacial score (nSPS) is 15.4. The third kappa shape index (κ3) is 5.44. The first-order chi connectivity index (χ1) is 15.1. The lowest BCUT2D eigenvalue weighted by molar-refractivity contribution is -0.142. The van der Waals surface area contributed by atoms with Gasteiger partial charge in [-0.15, -0.1) is 0 Å². The number of hydrogen-bond donors (Lipinski definition) is 0. The predicted molar refractivity (Wildman–Crippen MR) is 119 cm³/mol. The fourth-order valence-electron chi connectivity index (χ4n) is 3.98. The SMILES string of the molecule is C[C@@H](Oc1cccc(Cl)c1)C(=O)N(Cc1nc(-c2ccccc2)no1)C1CCCCC1. The van der Waals surface area contributed by atoms with E-state index >= 15 is 0 Å². The summed E-state index contributed by atoms with van der Waals surface area (Å²) in [6, 6.07) is 16.9. The fourth-order valence-corrected chi connectivity index (χ4v) is 4.16. The molecule has 1 aliphatic rings. The number of ether oxygens (including phenoxy) is 1. The van der Waals surface area contributed by atoms with Crippen LogP contribution in [0, 0.1) is 0 Å². The van der Waals surface area contributed by atoms with E-state index in [9.17, 15) is 4.79 Å². The zero-order chi connectivity index (χ0) is 21.6. The summed E-state index contributed by atoms with van der Waals surface area (Å²) >= 11 is 6.05. The Morgan fingerprint density at radius 3 is 2.68 bits per heavy atom. The number of benzene rings is 2. The van der Waals surface area contributed by atoms with Gasteiger partial charge in [0.15, 0.2) is 6.10 Å². The Balaban J connectivity index is 1.51. The molecule has 31 heavy (non-hydrogen) atoms. The Morgan fingerprint density at radius 1 is 1.16 bits per heavy atom. The first-order valence-electron chi connectivity index (χ1n) is 10.7. The molecule has 1 saturated carbocycles. The van der Waals surface area contributed by atoms with Gasteiger partial charge in [-0.1, -0.05) is 72.4 Å². The second-order valence-corrected chi connectivity index (χ2v) is 8.29. The molecule has 3 aromatic rings. The highest BCUT2D eigenvalue weighted by molar-refractivity contribution is 6.30. The molecule has 4 rings (SSSR count). The summed E-state index contributed by atoms with van der Waals surface area (Å²) in [4.78, 5) is 19.8. The number of nitrogens with zero attached hydrogens (tertiary/aromatic N) is 3. The minimum atomic E-state index is -0.656. The van der Waals surface area contributed by atoms with Crippen LogP contribution in [0.25, 0.3) is 11.4 Å². The number of amides is 1. The van der Waals surface area contributed by atoms with E-state index in [1.54, 1.807) is 31.2 Å². The lowest BCUT2D eigenvalue weighted by atomic mass is 9.94. The molecule has 7 heteroatoms. The van der Waals surface area contributed by atoms with Gasteiger partial charge in [-0.25, -0.2) is 0 Å². The van der Waals surface area contributed by atoms with Crippen molar-refractivity contribution in [2.75, 3.05) is 0 Å². The summed E-state index contributed by atoms with van der Waals surface area (Å²) in [6.07, 6.45) is 4.70. The molecule has 0 N–H and O–H groups in total. The molecule has 0 spiro atoms. The van der Waals surface area contributed by atoms with Crippen LogP contribution in [0.15, 0.2) is 59.1 Å². The van der Waals surface area contributed by atoms with Gasteiger partial charge in [-0.3, -0.25) is 4.79 Å². The predicted octanol–water partition coefficient (Wildman–Crippen LogP) is 5.52. The van der Waals surface area contributed by atoms with Crippen LogP contribution in [0.1, 0.15) is 44.9 Å². The van der Waals surface area contributed by atoms with Crippen LogP contribution in [0.3, 0.4) is 0 Å². The highest BCUT2D eigenvalue weighted by atomic mass is 35.5. The van der Waals surface area contributed by atoms with E-state index in [2.05, 4.69) is 10.1 Å². The highest BCUT2D eigenvalue weighted by Gasteiger charge is 2.31. The van der Waals surface area contributed by atoms with Crippen molar-refractivity contribution in [1.29, 1.82) is 0 Å². The number of carbonyl (C=O) groups is 1. The average molecular weight is 440 g/mol. The molecule has 0 radical (unpaired) electrons. The van der Waals surface area contributed by atoms with Crippen molar-refractivity contribution < 1.29 is 14.1 Å². The number of rotatable bonds is 7. The molecular formula is C24H26ClN3O3. The van der Waals surface area contributed by atoms with Crippen molar-refractivity contribution in [3.8, 4) is 17.1 Å². The van der Waals surface area contributed by atoms with E-state index in [1.165, 1.54) is 6.42 Å². The van der Waals surface area contributed by atoms with Crippen molar-refractivity contribution >= 4 is 17.5 Å². The number of carbonyl (C=O) groups excluding carboxylic acids is 1. The topological polar surface area (TPSA) is 68.5 Å². The van der Waals surface area contributed by atoms with Crippen LogP contribution < -0.4 is 4.74 Å². The van der Waals surface area contributed by atoms with E-state index in [0.717, 1.165) is 31.2 Å². The Morgan fingerprint density at radius 2 is 1.94 bits per heavy atom. The molecule has 2 aromatic carbocycles. The lowest BCUT2D eigenvalue weighted by Gasteiger charge is -2.35. The molecule has 0 bridgehead atoms. The maximum Gasteiger partial charge on any atom is 0.264 e. The van der Waals surface area contributed by atoms with Crippen LogP contribution in [0.5, 0.6) is 5.75 Å². The summed E-state index contributed by atoms with van der Waals surface area (Å²) in [5.41, 5.74) is 0.880. The number of halogens is 1. The van der Waals surface area contributed by atoms with E-state index in [0.29, 0.717) is 22.5 Å². The summed E-state index contributed by atoms with van der Waals surface area (Å²) in [5, 5.41) is 4.67. The van der Waals surface area contributed by atoms with Gasteiger partial charge < -0.3 is 14.2 Å². The van der Waals surface area contributed by atoms with E-state index in [4.69, 9.17) is 20.9 Å². The molecule has 1 aromatic heterocycles. The van der Waals surface area contributed by atoms with E-state index < -0.39 is 6.10 Å². The second kappa shape index (κ2) is 9.96. The third-order valence-electron chi connectivity index (χ3n) is 5.56. The van der Waals surface area contributed by atoms with Crippen LogP contribution >= 0.6 is 11.6 Å². The standard InChI is InChI=1S/C24H26ClN3O3/c1-17(30-21-14-8-11-19(25)15-21)24(29)28(20-12-6-3-7-13-20)16-22-26-23(27-31-22)18-9-4-2-5-10-18/h2,4-5,8-11,14-15,17,20H,3,6-7,12-13,16H2,1H3/t17-/m1/s1. The third-order valence-corrected chi connectivity index (χ3v) is 5.80. The van der Waals surface area contributed by atoms with Gasteiger partial charge in [0, 0.05) is 16.6 Å². The fraction of sp³-hybridized carbons (Fsp3) is 0.375. The van der Waals surface area contributed by atoms with Crippen LogP contribution in [0.2, 0.25) is 5.02 Å². The van der Waals surface area contributed by atoms with E-state index in [-0.39, 0.29) is 18.5 Å². The molecule has 0 saturated heterocycles. The highest BCUT2D eigenvalue weighted by Crippen LogP contribution is 2.26. The van der Waals surface area contributed by atoms with Crippen LogP contribution in [0.4, 0.5) is 0 Å². The van der Waals surface area contributed by atoms with Gasteiger partial charge in [0.25, 0.3) is 5.91 Å². The Kier molecular flexibility index (Phi) is 6.87. The van der Waals surface area contributed by atoms with Crippen LogP contribution in [-0.2, 0) is 11.3 Å². The maximum atomic E-state index is 13.4. The van der Waals surface area contributed by atoms with Gasteiger partial charge in [-0.2, -0.15) is 4.98 Å². The number of aromatic nitrogens is 2. The van der Waals surface area contributed by atoms with Crippen molar-refractivity contribution in [3.63, 3.8) is 0 Å². The molecule has 0 unspecified atom stereocenters. The minimum Gasteiger partial charge on any atom is -0.481 e. The minimum absolute atomic E-state index is 0.0914. The zero-order valence-electron chi connectivity index (χ0n) is 17.5. The Bertz CT molecular complexity index is 1000. The van der Waals surface area contributed by atoms with Crippen molar-refractivity contribution in [2.45, 2.75) is 57.7 Å². The monoisotopic (exact) mass is 439 g/mol. The first-order valence-corrected chi connectivity index (χ1v) is 11.1. The maximum absolute atomic E-state index is 13.4. The first kappa shape index (κ1) is 21.4. The summed E-state index contributed by atoms with van der Waals surface area (Å²) < 4.78 is 11.4. The van der Waals surface area contributed by atoms with Gasteiger partial charge in [-0.05, 0) is 38.0 Å². The molecule has 162 valence electrons. The molecule has 6 nitrogen and oxygen atoms in total. The molecule has 1 heterocycles. The average Bonchev–Trinajstić information content (AvgIpc) is 3.27. The molecule has 1 fully saturated rings. The largest absolute Gasteiger partial charge is 0.481 e. The summed E-state index contributed by atoms with van der Waals surface area (Å²) in [5.74, 6) is 1.43. The quantitative estimate of drug-likeness (QED) is 0.485. The smallest absolute Gasteiger partial charge is 0.264 e. The van der Waals surface area contributed by atoms with Gasteiger partial charge in [0.05, 0.1) is 0 Å². The molecule has 1 aliphatic carbocycles. The van der Waals surface area contributed by atoms with E-state index in [1.807, 2.05) is 35.2 Å². The second-order valence-electron chi connectivity index (χ2n) is 7.85. The summed E-state index contributed by atoms with van der Waals surface area (Å²) in [7, 11) is 0. The number of hydrogen-bond acceptors (Lipinski definition) is 5. The lowest BCUT2D eigenvalue weighted by Crippen LogP contribution is -2.46. The van der Waals surface area contributed by atoms with Crippen molar-refractivity contribution in [1.82, 2.24) is 15.0 Å². The molecule has 1 amide bonds. The van der Waals surface area contributed by atoms with Crippen LogP contribution in [-0.4, -0.2) is 33.1 Å². The summed E-state index contributed by atoms with van der Waals surface area (Å²) in [6.45, 7) is 2.04. The molecule has 1 atom stereocenters. The van der Waals surface area contributed by atoms with Gasteiger partial charge >= 0.3 is 0 Å². The zero-order valence-corrected chi connectivity index (χ0v) is 18.3. The Hall–Kier alpha value is -2.86. The van der Waals surface area contributed by atoms with Gasteiger partial charge in [0.1, 0.15) is 12.3 Å². The Labute approximate surface area is 187 Å². The molecular weight excluding hydrogens is 414 g/mol. The van der Waals surface area contributed by atoms with Crippen molar-refractivity contribution in [2.24, 2.45) is 0 Å². The van der Waals surface area contributed by atoms with Gasteiger partial charge in [0.2, 0.25) is 11.7 Å². The molecule has 0 aliphatic heterocycles. The van der Waals surface area contributed by atoms with Crippen molar-refractivity contribution in [3.05, 3.63) is 65.5 Å².